The van der Waals surface area contributed by atoms with Gasteiger partial charge in [0.05, 0.1) is 0 Å². The molecular formula is C13H20O. The van der Waals surface area contributed by atoms with Crippen LogP contribution in [0.25, 0.3) is 0 Å². The van der Waals surface area contributed by atoms with Crippen LogP contribution in [0.15, 0.2) is 23.8 Å². The molecule has 78 valence electrons. The molecule has 0 saturated carbocycles. The van der Waals surface area contributed by atoms with Gasteiger partial charge in [0.15, 0.2) is 0 Å². The SMILES string of the molecule is C=C(C)[C@@H]1CC=C(CC(C)C=O)CC1. The Morgan fingerprint density at radius 3 is 2.93 bits per heavy atom. The monoisotopic (exact) mass is 192 g/mol. The van der Waals surface area contributed by atoms with Crippen LogP contribution in [-0.2, 0) is 4.79 Å². The zero-order chi connectivity index (χ0) is 10.6. The van der Waals surface area contributed by atoms with Crippen LogP contribution in [0.5, 0.6) is 0 Å². The number of hydrogen-bond acceptors (Lipinski definition) is 1. The van der Waals surface area contributed by atoms with Crippen LogP contribution in [0.1, 0.15) is 39.5 Å². The normalized spacial score (nSPS) is 23.9. The van der Waals surface area contributed by atoms with E-state index in [0.29, 0.717) is 5.92 Å². The predicted octanol–water partition coefficient (Wildman–Crippen LogP) is 3.51. The summed E-state index contributed by atoms with van der Waals surface area (Å²) in [5, 5.41) is 0. The van der Waals surface area contributed by atoms with Crippen LogP contribution >= 0.6 is 0 Å². The van der Waals surface area contributed by atoms with Crippen LogP contribution in [0.3, 0.4) is 0 Å². The van der Waals surface area contributed by atoms with Crippen LogP contribution < -0.4 is 0 Å². The van der Waals surface area contributed by atoms with Crippen LogP contribution in [0.2, 0.25) is 0 Å². The molecule has 0 spiro atoms. The van der Waals surface area contributed by atoms with Crippen LogP contribution in [0.4, 0.5) is 0 Å². The van der Waals surface area contributed by atoms with Gasteiger partial charge in [0.1, 0.15) is 6.29 Å². The molecule has 1 aliphatic rings. The second kappa shape index (κ2) is 5.14. The summed E-state index contributed by atoms with van der Waals surface area (Å²) in [6, 6.07) is 0. The third-order valence-electron chi connectivity index (χ3n) is 3.02. The summed E-state index contributed by atoms with van der Waals surface area (Å²) in [6.45, 7) is 8.09. The first-order valence-electron chi connectivity index (χ1n) is 5.42. The Kier molecular flexibility index (Phi) is 4.12. The molecule has 1 rings (SSSR count). The zero-order valence-corrected chi connectivity index (χ0v) is 9.25. The van der Waals surface area contributed by atoms with E-state index < -0.39 is 0 Å². The van der Waals surface area contributed by atoms with Crippen molar-refractivity contribution >= 4 is 6.29 Å². The zero-order valence-electron chi connectivity index (χ0n) is 9.25. The van der Waals surface area contributed by atoms with Gasteiger partial charge in [-0.05, 0) is 38.5 Å². The van der Waals surface area contributed by atoms with Crippen molar-refractivity contribution in [2.24, 2.45) is 11.8 Å². The Morgan fingerprint density at radius 2 is 2.50 bits per heavy atom. The summed E-state index contributed by atoms with van der Waals surface area (Å²) in [5.41, 5.74) is 2.76. The van der Waals surface area contributed by atoms with Gasteiger partial charge in [0.25, 0.3) is 0 Å². The molecule has 0 N–H and O–H groups in total. The second-order valence-electron chi connectivity index (χ2n) is 4.50. The highest BCUT2D eigenvalue weighted by Gasteiger charge is 2.15. The van der Waals surface area contributed by atoms with Crippen molar-refractivity contribution in [3.8, 4) is 0 Å². The van der Waals surface area contributed by atoms with Crippen molar-refractivity contribution < 1.29 is 4.79 Å². The Balaban J connectivity index is 2.44. The number of aldehydes is 1. The van der Waals surface area contributed by atoms with Crippen molar-refractivity contribution in [1.29, 1.82) is 0 Å². The summed E-state index contributed by atoms with van der Waals surface area (Å²) >= 11 is 0. The fourth-order valence-corrected chi connectivity index (χ4v) is 1.98. The van der Waals surface area contributed by atoms with Crippen molar-refractivity contribution in [2.45, 2.75) is 39.5 Å². The summed E-state index contributed by atoms with van der Waals surface area (Å²) in [7, 11) is 0. The summed E-state index contributed by atoms with van der Waals surface area (Å²) in [6.07, 6.45) is 7.79. The molecule has 0 bridgehead atoms. The Hall–Kier alpha value is -0.850. The smallest absolute Gasteiger partial charge is 0.123 e. The van der Waals surface area contributed by atoms with Gasteiger partial charge in [-0.25, -0.2) is 0 Å². The van der Waals surface area contributed by atoms with E-state index >= 15 is 0 Å². The molecule has 0 aliphatic heterocycles. The Bertz CT molecular complexity index is 250. The lowest BCUT2D eigenvalue weighted by molar-refractivity contribution is -0.110. The summed E-state index contributed by atoms with van der Waals surface area (Å²) < 4.78 is 0. The standard InChI is InChI=1S/C13H20O/c1-10(2)13-6-4-12(5-7-13)8-11(3)9-14/h4,9,11,13H,1,5-8H2,2-3H3/t11?,13-/m1/s1. The van der Waals surface area contributed by atoms with Crippen molar-refractivity contribution in [3.05, 3.63) is 23.8 Å². The molecule has 0 saturated heterocycles. The molecule has 0 aromatic rings. The maximum absolute atomic E-state index is 10.5. The van der Waals surface area contributed by atoms with Gasteiger partial charge < -0.3 is 4.79 Å². The van der Waals surface area contributed by atoms with Crippen molar-refractivity contribution in [3.63, 3.8) is 0 Å². The second-order valence-corrected chi connectivity index (χ2v) is 4.50. The molecule has 14 heavy (non-hydrogen) atoms. The number of rotatable bonds is 4. The summed E-state index contributed by atoms with van der Waals surface area (Å²) in [5.74, 6) is 0.855. The molecule has 0 radical (unpaired) electrons. The fourth-order valence-electron chi connectivity index (χ4n) is 1.98. The quantitative estimate of drug-likeness (QED) is 0.492. The maximum atomic E-state index is 10.5. The van der Waals surface area contributed by atoms with Gasteiger partial charge in [0, 0.05) is 5.92 Å². The van der Waals surface area contributed by atoms with E-state index in [9.17, 15) is 4.79 Å². The minimum atomic E-state index is 0.183. The molecule has 1 nitrogen and oxygen atoms in total. The van der Waals surface area contributed by atoms with Crippen molar-refractivity contribution in [1.82, 2.24) is 0 Å². The van der Waals surface area contributed by atoms with E-state index in [1.54, 1.807) is 0 Å². The van der Waals surface area contributed by atoms with E-state index in [0.717, 1.165) is 25.5 Å². The molecule has 0 aromatic heterocycles. The molecule has 1 unspecified atom stereocenters. The first-order valence-corrected chi connectivity index (χ1v) is 5.42. The molecule has 0 amide bonds. The van der Waals surface area contributed by atoms with Crippen molar-refractivity contribution in [2.75, 3.05) is 0 Å². The average molecular weight is 192 g/mol. The largest absolute Gasteiger partial charge is 0.303 e. The minimum absolute atomic E-state index is 0.183. The Labute approximate surface area is 86.9 Å². The van der Waals surface area contributed by atoms with Gasteiger partial charge >= 0.3 is 0 Å². The topological polar surface area (TPSA) is 17.1 Å². The molecule has 0 aromatic carbocycles. The predicted molar refractivity (Wildman–Crippen MR) is 60.1 cm³/mol. The number of allylic oxidation sites excluding steroid dienone is 3. The maximum Gasteiger partial charge on any atom is 0.123 e. The number of carbonyl (C=O) groups excluding carboxylic acids is 1. The average Bonchev–Trinajstić information content (AvgIpc) is 2.18. The highest BCUT2D eigenvalue weighted by Crippen LogP contribution is 2.30. The first-order chi connectivity index (χ1) is 6.63. The molecule has 0 heterocycles. The lowest BCUT2D eigenvalue weighted by Crippen LogP contribution is -2.08. The highest BCUT2D eigenvalue weighted by atomic mass is 16.1. The molecule has 2 atom stereocenters. The van der Waals surface area contributed by atoms with E-state index in [-0.39, 0.29) is 5.92 Å². The molecular weight excluding hydrogens is 172 g/mol. The van der Waals surface area contributed by atoms with Gasteiger partial charge in [-0.3, -0.25) is 0 Å². The van der Waals surface area contributed by atoms with E-state index in [2.05, 4.69) is 19.6 Å². The minimum Gasteiger partial charge on any atom is -0.303 e. The van der Waals surface area contributed by atoms with Crippen LogP contribution in [0, 0.1) is 11.8 Å². The Morgan fingerprint density at radius 1 is 1.79 bits per heavy atom. The number of carbonyl (C=O) groups is 1. The fraction of sp³-hybridized carbons (Fsp3) is 0.615. The third-order valence-corrected chi connectivity index (χ3v) is 3.02. The van der Waals surface area contributed by atoms with Gasteiger partial charge in [-0.15, -0.1) is 0 Å². The first kappa shape index (κ1) is 11.2. The van der Waals surface area contributed by atoms with Gasteiger partial charge in [0.2, 0.25) is 0 Å². The molecule has 1 aliphatic carbocycles. The lowest BCUT2D eigenvalue weighted by Gasteiger charge is -2.22. The van der Waals surface area contributed by atoms with E-state index in [4.69, 9.17) is 0 Å². The van der Waals surface area contributed by atoms with Gasteiger partial charge in [-0.2, -0.15) is 0 Å². The van der Waals surface area contributed by atoms with E-state index in [1.165, 1.54) is 17.6 Å². The van der Waals surface area contributed by atoms with E-state index in [1.807, 2.05) is 6.92 Å². The number of hydrogen-bond donors (Lipinski definition) is 0. The van der Waals surface area contributed by atoms with Crippen LogP contribution in [-0.4, -0.2) is 6.29 Å². The lowest BCUT2D eigenvalue weighted by atomic mass is 9.83. The summed E-state index contributed by atoms with van der Waals surface area (Å²) in [4.78, 5) is 10.5. The third kappa shape index (κ3) is 3.13. The molecule has 0 fully saturated rings. The highest BCUT2D eigenvalue weighted by molar-refractivity contribution is 5.53. The van der Waals surface area contributed by atoms with Gasteiger partial charge in [-0.1, -0.05) is 30.7 Å². The molecule has 1 heteroatoms.